The Bertz CT molecular complexity index is 627. The zero-order valence-corrected chi connectivity index (χ0v) is 10.7. The minimum atomic E-state index is 0.441. The van der Waals surface area contributed by atoms with E-state index in [4.69, 9.17) is 10.1 Å². The average Bonchev–Trinajstić information content (AvgIpc) is 2.44. The number of oxime groups is 1. The minimum Gasteiger partial charge on any atom is -0.391 e. The topological polar surface area (TPSA) is 45.4 Å². The zero-order valence-electron chi connectivity index (χ0n) is 10.7. The quantitative estimate of drug-likeness (QED) is 0.616. The van der Waals surface area contributed by atoms with E-state index in [1.807, 2.05) is 37.3 Å². The molecule has 0 N–H and O–H groups in total. The van der Waals surface area contributed by atoms with Gasteiger partial charge in [-0.25, -0.2) is 0 Å². The number of nitriles is 1. The Hall–Kier alpha value is -2.60. The third-order valence-electron chi connectivity index (χ3n) is 2.61. The van der Waals surface area contributed by atoms with Gasteiger partial charge in [0.15, 0.2) is 0 Å². The van der Waals surface area contributed by atoms with Crippen molar-refractivity contribution in [1.82, 2.24) is 0 Å². The molecule has 0 fully saturated rings. The summed E-state index contributed by atoms with van der Waals surface area (Å²) in [6.45, 7) is 2.48. The van der Waals surface area contributed by atoms with Gasteiger partial charge in [0.2, 0.25) is 0 Å². The van der Waals surface area contributed by atoms with Gasteiger partial charge in [-0.2, -0.15) is 5.26 Å². The smallest absolute Gasteiger partial charge is 0.142 e. The van der Waals surface area contributed by atoms with Crippen molar-refractivity contribution in [1.29, 1.82) is 5.26 Å². The largest absolute Gasteiger partial charge is 0.391 e. The molecule has 0 aliphatic heterocycles. The van der Waals surface area contributed by atoms with Crippen LogP contribution in [0, 0.1) is 18.3 Å². The SMILES string of the molecule is Cc1cccc(CON=Cc2cccc(C#N)c2)c1. The van der Waals surface area contributed by atoms with Crippen molar-refractivity contribution in [3.05, 3.63) is 70.8 Å². The summed E-state index contributed by atoms with van der Waals surface area (Å²) in [5.74, 6) is 0. The monoisotopic (exact) mass is 250 g/mol. The Morgan fingerprint density at radius 3 is 2.84 bits per heavy atom. The van der Waals surface area contributed by atoms with Crippen LogP contribution in [0.15, 0.2) is 53.7 Å². The van der Waals surface area contributed by atoms with Crippen molar-refractivity contribution in [2.45, 2.75) is 13.5 Å². The number of hydrogen-bond donors (Lipinski definition) is 0. The Labute approximate surface area is 112 Å². The third-order valence-corrected chi connectivity index (χ3v) is 2.61. The van der Waals surface area contributed by atoms with Gasteiger partial charge >= 0.3 is 0 Å². The molecule has 0 saturated carbocycles. The summed E-state index contributed by atoms with van der Waals surface area (Å²) in [7, 11) is 0. The van der Waals surface area contributed by atoms with E-state index >= 15 is 0 Å². The van der Waals surface area contributed by atoms with Gasteiger partial charge in [-0.15, -0.1) is 0 Å². The highest BCUT2D eigenvalue weighted by molar-refractivity contribution is 5.79. The van der Waals surface area contributed by atoms with E-state index in [9.17, 15) is 0 Å². The maximum absolute atomic E-state index is 8.78. The molecule has 3 heteroatoms. The van der Waals surface area contributed by atoms with Crippen LogP contribution in [0.4, 0.5) is 0 Å². The highest BCUT2D eigenvalue weighted by Crippen LogP contribution is 2.06. The van der Waals surface area contributed by atoms with Crippen LogP contribution in [-0.2, 0) is 11.4 Å². The van der Waals surface area contributed by atoms with Crippen LogP contribution >= 0.6 is 0 Å². The van der Waals surface area contributed by atoms with E-state index in [0.29, 0.717) is 12.2 Å². The van der Waals surface area contributed by atoms with Crippen molar-refractivity contribution in [3.8, 4) is 6.07 Å². The number of aryl methyl sites for hydroxylation is 1. The second kappa shape index (κ2) is 6.36. The predicted molar refractivity (Wildman–Crippen MR) is 74.7 cm³/mol. The Balaban J connectivity index is 1.92. The third kappa shape index (κ3) is 3.97. The first kappa shape index (κ1) is 12.8. The fraction of sp³-hybridized carbons (Fsp3) is 0.125. The van der Waals surface area contributed by atoms with Gasteiger partial charge in [0.25, 0.3) is 0 Å². The molecule has 0 heterocycles. The molecule has 0 aromatic heterocycles. The molecule has 2 aromatic rings. The molecule has 2 aromatic carbocycles. The summed E-state index contributed by atoms with van der Waals surface area (Å²) in [6, 6.07) is 17.4. The summed E-state index contributed by atoms with van der Waals surface area (Å²) >= 11 is 0. The predicted octanol–water partition coefficient (Wildman–Crippen LogP) is 3.42. The number of hydrogen-bond acceptors (Lipinski definition) is 3. The molecular formula is C16H14N2O. The zero-order chi connectivity index (χ0) is 13.5. The Morgan fingerprint density at radius 1 is 1.21 bits per heavy atom. The molecule has 94 valence electrons. The fourth-order valence-corrected chi connectivity index (χ4v) is 1.70. The molecule has 0 saturated heterocycles. The van der Waals surface area contributed by atoms with Gasteiger partial charge in [-0.05, 0) is 30.2 Å². The van der Waals surface area contributed by atoms with E-state index in [-0.39, 0.29) is 0 Å². The maximum atomic E-state index is 8.78. The Kier molecular flexibility index (Phi) is 4.30. The maximum Gasteiger partial charge on any atom is 0.142 e. The normalized spacial score (nSPS) is 10.3. The van der Waals surface area contributed by atoms with Crippen molar-refractivity contribution >= 4 is 6.21 Å². The highest BCUT2D eigenvalue weighted by atomic mass is 16.6. The van der Waals surface area contributed by atoms with E-state index in [1.54, 1.807) is 18.3 Å². The molecule has 0 atom stereocenters. The van der Waals surface area contributed by atoms with E-state index in [2.05, 4.69) is 17.3 Å². The van der Waals surface area contributed by atoms with Gasteiger partial charge in [-0.1, -0.05) is 47.1 Å². The summed E-state index contributed by atoms with van der Waals surface area (Å²) in [5, 5.41) is 12.7. The van der Waals surface area contributed by atoms with E-state index < -0.39 is 0 Å². The van der Waals surface area contributed by atoms with Crippen LogP contribution in [0.2, 0.25) is 0 Å². The summed E-state index contributed by atoms with van der Waals surface area (Å²) in [6.07, 6.45) is 1.61. The highest BCUT2D eigenvalue weighted by Gasteiger charge is 1.94. The first-order valence-corrected chi connectivity index (χ1v) is 5.99. The first-order valence-electron chi connectivity index (χ1n) is 5.99. The molecular weight excluding hydrogens is 236 g/mol. The molecule has 2 rings (SSSR count). The van der Waals surface area contributed by atoms with Crippen LogP contribution in [0.1, 0.15) is 22.3 Å². The van der Waals surface area contributed by atoms with Crippen LogP contribution < -0.4 is 0 Å². The lowest BCUT2D eigenvalue weighted by Crippen LogP contribution is -1.89. The van der Waals surface area contributed by atoms with Gasteiger partial charge < -0.3 is 4.84 Å². The lowest BCUT2D eigenvalue weighted by molar-refractivity contribution is 0.132. The van der Waals surface area contributed by atoms with Crippen LogP contribution in [0.5, 0.6) is 0 Å². The first-order chi connectivity index (χ1) is 9.28. The van der Waals surface area contributed by atoms with Gasteiger partial charge in [-0.3, -0.25) is 0 Å². The van der Waals surface area contributed by atoms with Crippen molar-refractivity contribution < 1.29 is 4.84 Å². The number of rotatable bonds is 4. The Morgan fingerprint density at radius 2 is 2.05 bits per heavy atom. The molecule has 0 aliphatic rings. The van der Waals surface area contributed by atoms with Gasteiger partial charge in [0.1, 0.15) is 6.61 Å². The molecule has 0 unspecified atom stereocenters. The van der Waals surface area contributed by atoms with Crippen LogP contribution in [0.3, 0.4) is 0 Å². The second-order valence-corrected chi connectivity index (χ2v) is 4.23. The molecule has 0 aliphatic carbocycles. The summed E-state index contributed by atoms with van der Waals surface area (Å²) in [5.41, 5.74) is 3.75. The molecule has 3 nitrogen and oxygen atoms in total. The summed E-state index contributed by atoms with van der Waals surface area (Å²) < 4.78 is 0. The summed E-state index contributed by atoms with van der Waals surface area (Å²) in [4.78, 5) is 5.24. The van der Waals surface area contributed by atoms with E-state index in [0.717, 1.165) is 11.1 Å². The lowest BCUT2D eigenvalue weighted by atomic mass is 10.1. The second-order valence-electron chi connectivity index (χ2n) is 4.23. The average molecular weight is 250 g/mol. The van der Waals surface area contributed by atoms with Crippen LogP contribution in [0.25, 0.3) is 0 Å². The molecule has 0 radical (unpaired) electrons. The molecule has 0 amide bonds. The number of nitrogens with zero attached hydrogens (tertiary/aromatic N) is 2. The van der Waals surface area contributed by atoms with Crippen molar-refractivity contribution in [2.24, 2.45) is 5.16 Å². The lowest BCUT2D eigenvalue weighted by Gasteiger charge is -2.00. The van der Waals surface area contributed by atoms with Crippen LogP contribution in [-0.4, -0.2) is 6.21 Å². The van der Waals surface area contributed by atoms with Gasteiger partial charge in [0.05, 0.1) is 17.8 Å². The van der Waals surface area contributed by atoms with Crippen molar-refractivity contribution in [2.75, 3.05) is 0 Å². The molecule has 19 heavy (non-hydrogen) atoms. The van der Waals surface area contributed by atoms with Crippen molar-refractivity contribution in [3.63, 3.8) is 0 Å². The van der Waals surface area contributed by atoms with Gasteiger partial charge in [0, 0.05) is 0 Å². The standard InChI is InChI=1S/C16H14N2O/c1-13-4-2-7-16(8-13)12-19-18-11-15-6-3-5-14(9-15)10-17/h2-9,11H,12H2,1H3. The van der Waals surface area contributed by atoms with E-state index in [1.165, 1.54) is 5.56 Å². The molecule has 0 bridgehead atoms. The minimum absolute atomic E-state index is 0.441. The number of benzene rings is 2. The fourth-order valence-electron chi connectivity index (χ4n) is 1.70. The molecule has 0 spiro atoms.